The van der Waals surface area contributed by atoms with E-state index in [1.165, 1.54) is 17.6 Å². The Morgan fingerprint density at radius 3 is 2.81 bits per heavy atom. The van der Waals surface area contributed by atoms with Crippen LogP contribution < -0.4 is 5.32 Å². The van der Waals surface area contributed by atoms with Crippen molar-refractivity contribution in [1.29, 1.82) is 0 Å². The highest BCUT2D eigenvalue weighted by molar-refractivity contribution is 7.09. The van der Waals surface area contributed by atoms with Crippen molar-refractivity contribution < 1.29 is 4.92 Å². The summed E-state index contributed by atoms with van der Waals surface area (Å²) in [5.41, 5.74) is 0.444. The molecule has 1 aromatic heterocycles. The average Bonchev–Trinajstić information content (AvgIpc) is 2.64. The smallest absolute Gasteiger partial charge is 0.292 e. The van der Waals surface area contributed by atoms with Gasteiger partial charge in [0.2, 0.25) is 5.13 Å². The van der Waals surface area contributed by atoms with Crippen molar-refractivity contribution in [3.8, 4) is 0 Å². The minimum absolute atomic E-state index is 0.0235. The number of nitro benzene ring substituents is 1. The van der Waals surface area contributed by atoms with Gasteiger partial charge in [0.25, 0.3) is 5.69 Å². The topological polar surface area (TPSA) is 81.0 Å². The lowest BCUT2D eigenvalue weighted by Crippen LogP contribution is -1.96. The zero-order valence-corrected chi connectivity index (χ0v) is 9.19. The van der Waals surface area contributed by atoms with Crippen LogP contribution >= 0.6 is 11.5 Å². The van der Waals surface area contributed by atoms with E-state index >= 15 is 0 Å². The Hall–Kier alpha value is -2.02. The van der Waals surface area contributed by atoms with Crippen molar-refractivity contribution in [2.45, 2.75) is 6.92 Å². The van der Waals surface area contributed by atoms with Crippen molar-refractivity contribution in [3.05, 3.63) is 40.2 Å². The zero-order chi connectivity index (χ0) is 11.5. The lowest BCUT2D eigenvalue weighted by Gasteiger charge is -2.01. The SMILES string of the molecule is Cc1nsc(Nc2ccccc2[N+](=O)[O-])n1. The van der Waals surface area contributed by atoms with Gasteiger partial charge in [0.15, 0.2) is 0 Å². The van der Waals surface area contributed by atoms with Gasteiger partial charge in [-0.15, -0.1) is 0 Å². The highest BCUT2D eigenvalue weighted by atomic mass is 32.1. The first kappa shape index (κ1) is 10.5. The Morgan fingerprint density at radius 2 is 2.19 bits per heavy atom. The first-order valence-electron chi connectivity index (χ1n) is 4.47. The van der Waals surface area contributed by atoms with Gasteiger partial charge in [0, 0.05) is 17.6 Å². The maximum Gasteiger partial charge on any atom is 0.292 e. The second-order valence-electron chi connectivity index (χ2n) is 3.05. The van der Waals surface area contributed by atoms with E-state index in [-0.39, 0.29) is 5.69 Å². The average molecular weight is 236 g/mol. The van der Waals surface area contributed by atoms with E-state index in [1.807, 2.05) is 0 Å². The van der Waals surface area contributed by atoms with Crippen LogP contribution in [0.1, 0.15) is 5.82 Å². The Labute approximate surface area is 95.3 Å². The van der Waals surface area contributed by atoms with Gasteiger partial charge >= 0.3 is 0 Å². The summed E-state index contributed by atoms with van der Waals surface area (Å²) in [6.45, 7) is 1.76. The van der Waals surface area contributed by atoms with Crippen molar-refractivity contribution in [3.63, 3.8) is 0 Å². The number of aryl methyl sites for hydroxylation is 1. The van der Waals surface area contributed by atoms with Crippen LogP contribution in [0.2, 0.25) is 0 Å². The molecule has 16 heavy (non-hydrogen) atoms. The predicted octanol–water partition coefficient (Wildman–Crippen LogP) is 2.50. The maximum atomic E-state index is 10.8. The summed E-state index contributed by atoms with van der Waals surface area (Å²) in [4.78, 5) is 14.4. The molecule has 1 N–H and O–H groups in total. The molecule has 6 nitrogen and oxygen atoms in total. The fourth-order valence-electron chi connectivity index (χ4n) is 1.20. The van der Waals surface area contributed by atoms with Gasteiger partial charge in [-0.25, -0.2) is 4.98 Å². The summed E-state index contributed by atoms with van der Waals surface area (Å²) in [5.74, 6) is 0.645. The molecule has 0 spiro atoms. The lowest BCUT2D eigenvalue weighted by molar-refractivity contribution is -0.383. The van der Waals surface area contributed by atoms with Gasteiger partial charge < -0.3 is 5.32 Å². The number of aromatic nitrogens is 2. The van der Waals surface area contributed by atoms with E-state index in [2.05, 4.69) is 14.7 Å². The number of hydrogen-bond acceptors (Lipinski definition) is 6. The van der Waals surface area contributed by atoms with E-state index in [1.54, 1.807) is 25.1 Å². The molecular formula is C9H8N4O2S. The molecule has 1 aromatic carbocycles. The fraction of sp³-hybridized carbons (Fsp3) is 0.111. The Kier molecular flexibility index (Phi) is 2.78. The first-order chi connectivity index (χ1) is 7.66. The molecule has 0 amide bonds. The molecule has 2 rings (SSSR count). The number of hydrogen-bond donors (Lipinski definition) is 1. The second kappa shape index (κ2) is 4.23. The van der Waals surface area contributed by atoms with Crippen LogP contribution in [-0.4, -0.2) is 14.3 Å². The van der Waals surface area contributed by atoms with Crippen LogP contribution in [0.5, 0.6) is 0 Å². The molecule has 82 valence electrons. The molecule has 0 saturated heterocycles. The number of rotatable bonds is 3. The molecule has 0 unspecified atom stereocenters. The number of nitrogens with one attached hydrogen (secondary N) is 1. The Bertz CT molecular complexity index is 526. The maximum absolute atomic E-state index is 10.8. The van der Waals surface area contributed by atoms with E-state index in [0.29, 0.717) is 16.6 Å². The molecular weight excluding hydrogens is 228 g/mol. The highest BCUT2D eigenvalue weighted by Crippen LogP contribution is 2.27. The number of benzene rings is 1. The molecule has 0 aliphatic carbocycles. The lowest BCUT2D eigenvalue weighted by atomic mass is 10.3. The summed E-state index contributed by atoms with van der Waals surface area (Å²) >= 11 is 1.17. The van der Waals surface area contributed by atoms with Gasteiger partial charge in [0.1, 0.15) is 11.5 Å². The zero-order valence-electron chi connectivity index (χ0n) is 8.38. The van der Waals surface area contributed by atoms with Crippen LogP contribution in [0.25, 0.3) is 0 Å². The summed E-state index contributed by atoms with van der Waals surface area (Å²) in [6, 6.07) is 6.42. The Balaban J connectivity index is 2.31. The second-order valence-corrected chi connectivity index (χ2v) is 3.80. The molecule has 7 heteroatoms. The molecule has 0 radical (unpaired) electrons. The monoisotopic (exact) mass is 236 g/mol. The Morgan fingerprint density at radius 1 is 1.44 bits per heavy atom. The largest absolute Gasteiger partial charge is 0.325 e. The minimum Gasteiger partial charge on any atom is -0.325 e. The molecule has 0 bridgehead atoms. The van der Waals surface area contributed by atoms with Crippen LogP contribution in [0.4, 0.5) is 16.5 Å². The van der Waals surface area contributed by atoms with Gasteiger partial charge in [-0.05, 0) is 13.0 Å². The fourth-order valence-corrected chi connectivity index (χ4v) is 1.79. The van der Waals surface area contributed by atoms with Crippen molar-refractivity contribution >= 4 is 28.0 Å². The third-order valence-corrected chi connectivity index (χ3v) is 2.59. The highest BCUT2D eigenvalue weighted by Gasteiger charge is 2.13. The number of anilines is 2. The van der Waals surface area contributed by atoms with Crippen LogP contribution in [0.15, 0.2) is 24.3 Å². The standard InChI is InChI=1S/C9H8N4O2S/c1-6-10-9(16-12-6)11-7-4-2-3-5-8(7)13(14)15/h2-5H,1H3,(H,10,11,12). The number of para-hydroxylation sites is 2. The van der Waals surface area contributed by atoms with E-state index < -0.39 is 4.92 Å². The quantitative estimate of drug-likeness (QED) is 0.654. The summed E-state index contributed by atoms with van der Waals surface area (Å²) in [6.07, 6.45) is 0. The van der Waals surface area contributed by atoms with Gasteiger partial charge in [-0.1, -0.05) is 12.1 Å². The summed E-state index contributed by atoms with van der Waals surface area (Å²) in [5, 5.41) is 14.2. The predicted molar refractivity (Wildman–Crippen MR) is 61.0 cm³/mol. The van der Waals surface area contributed by atoms with Crippen molar-refractivity contribution in [1.82, 2.24) is 9.36 Å². The van der Waals surface area contributed by atoms with Crippen molar-refractivity contribution in [2.24, 2.45) is 0 Å². The molecule has 1 heterocycles. The van der Waals surface area contributed by atoms with E-state index in [4.69, 9.17) is 0 Å². The molecule has 2 aromatic rings. The number of nitrogens with zero attached hydrogens (tertiary/aromatic N) is 3. The summed E-state index contributed by atoms with van der Waals surface area (Å²) < 4.78 is 3.99. The van der Waals surface area contributed by atoms with Crippen LogP contribution in [0, 0.1) is 17.0 Å². The molecule has 0 atom stereocenters. The molecule has 0 fully saturated rings. The normalized spacial score (nSPS) is 10.1. The first-order valence-corrected chi connectivity index (χ1v) is 5.25. The third kappa shape index (κ3) is 2.14. The molecule has 0 saturated carbocycles. The molecule has 0 aliphatic heterocycles. The van der Waals surface area contributed by atoms with E-state index in [0.717, 1.165) is 0 Å². The van der Waals surface area contributed by atoms with Crippen LogP contribution in [-0.2, 0) is 0 Å². The van der Waals surface area contributed by atoms with Crippen LogP contribution in [0.3, 0.4) is 0 Å². The van der Waals surface area contributed by atoms with Gasteiger partial charge in [0.05, 0.1) is 4.92 Å². The minimum atomic E-state index is -0.434. The van der Waals surface area contributed by atoms with E-state index in [9.17, 15) is 10.1 Å². The molecule has 0 aliphatic rings. The van der Waals surface area contributed by atoms with Gasteiger partial charge in [-0.2, -0.15) is 4.37 Å². The third-order valence-electron chi connectivity index (χ3n) is 1.87. The van der Waals surface area contributed by atoms with Crippen molar-refractivity contribution in [2.75, 3.05) is 5.32 Å². The van der Waals surface area contributed by atoms with Gasteiger partial charge in [-0.3, -0.25) is 10.1 Å². The summed E-state index contributed by atoms with van der Waals surface area (Å²) in [7, 11) is 0. The number of nitro groups is 1.